The van der Waals surface area contributed by atoms with Gasteiger partial charge in [-0.3, -0.25) is 9.59 Å². The Morgan fingerprint density at radius 1 is 1.18 bits per heavy atom. The Kier molecular flexibility index (Phi) is 5.06. The first-order valence-electron chi connectivity index (χ1n) is 7.70. The van der Waals surface area contributed by atoms with E-state index < -0.39 is 5.97 Å². The van der Waals surface area contributed by atoms with Crippen LogP contribution in [0.3, 0.4) is 0 Å². The molecule has 5 nitrogen and oxygen atoms in total. The smallest absolute Gasteiger partial charge is 0.306 e. The fourth-order valence-electron chi connectivity index (χ4n) is 2.90. The lowest BCUT2D eigenvalue weighted by Crippen LogP contribution is -2.29. The molecule has 2 N–H and O–H groups in total. The molecule has 1 saturated carbocycles. The van der Waals surface area contributed by atoms with Crippen LogP contribution in [0.5, 0.6) is 0 Å². The quantitative estimate of drug-likeness (QED) is 0.897. The zero-order chi connectivity index (χ0) is 16.3. The average molecular weight is 304 g/mol. The molecular weight excluding hydrogens is 280 g/mol. The van der Waals surface area contributed by atoms with Crippen molar-refractivity contribution in [3.05, 3.63) is 29.3 Å². The number of aliphatic carboxylic acids is 1. The van der Waals surface area contributed by atoms with Gasteiger partial charge in [-0.1, -0.05) is 6.07 Å². The summed E-state index contributed by atoms with van der Waals surface area (Å²) in [7, 11) is 3.49. The van der Waals surface area contributed by atoms with Crippen LogP contribution in [-0.2, 0) is 4.79 Å². The molecule has 0 spiro atoms. The Balaban J connectivity index is 2.04. The topological polar surface area (TPSA) is 69.6 Å². The highest BCUT2D eigenvalue weighted by atomic mass is 16.4. The number of rotatable bonds is 4. The molecule has 0 atom stereocenters. The highest BCUT2D eigenvalue weighted by Crippen LogP contribution is 2.27. The molecule has 1 aromatic carbocycles. The first kappa shape index (κ1) is 16.3. The van der Waals surface area contributed by atoms with E-state index >= 15 is 0 Å². The number of carbonyl (C=O) groups excluding carboxylic acids is 1. The van der Waals surface area contributed by atoms with Gasteiger partial charge in [-0.2, -0.15) is 0 Å². The Hall–Kier alpha value is -2.04. The normalized spacial score (nSPS) is 21.2. The zero-order valence-corrected chi connectivity index (χ0v) is 13.4. The number of nitrogens with zero attached hydrogens (tertiary/aromatic N) is 1. The van der Waals surface area contributed by atoms with E-state index in [9.17, 15) is 9.59 Å². The molecule has 0 radical (unpaired) electrons. The van der Waals surface area contributed by atoms with Crippen molar-refractivity contribution >= 4 is 17.6 Å². The highest BCUT2D eigenvalue weighted by molar-refractivity contribution is 5.96. The molecular formula is C17H24N2O3. The maximum atomic E-state index is 12.2. The van der Waals surface area contributed by atoms with Crippen LogP contribution in [0.4, 0.5) is 5.69 Å². The van der Waals surface area contributed by atoms with E-state index in [4.69, 9.17) is 5.11 Å². The molecule has 22 heavy (non-hydrogen) atoms. The average Bonchev–Trinajstić information content (AvgIpc) is 2.49. The minimum atomic E-state index is -0.687. The van der Waals surface area contributed by atoms with Crippen molar-refractivity contribution in [2.75, 3.05) is 19.4 Å². The van der Waals surface area contributed by atoms with Crippen LogP contribution in [0.25, 0.3) is 0 Å². The lowest BCUT2D eigenvalue weighted by Gasteiger charge is -2.28. The van der Waals surface area contributed by atoms with Gasteiger partial charge in [0.05, 0.1) is 5.92 Å². The summed E-state index contributed by atoms with van der Waals surface area (Å²) in [6.45, 7) is 1.93. The summed E-state index contributed by atoms with van der Waals surface area (Å²) >= 11 is 0. The van der Waals surface area contributed by atoms with Crippen LogP contribution in [-0.4, -0.2) is 42.0 Å². The molecule has 0 heterocycles. The molecule has 0 bridgehead atoms. The molecule has 1 fully saturated rings. The Morgan fingerprint density at radius 3 is 2.36 bits per heavy atom. The molecule has 0 saturated heterocycles. The molecule has 1 aliphatic rings. The number of hydrogen-bond acceptors (Lipinski definition) is 3. The van der Waals surface area contributed by atoms with Crippen molar-refractivity contribution in [3.63, 3.8) is 0 Å². The Bertz CT molecular complexity index is 561. The molecule has 1 amide bonds. The second-order valence-corrected chi connectivity index (χ2v) is 6.26. The summed E-state index contributed by atoms with van der Waals surface area (Å²) in [6, 6.07) is 6.09. The number of amides is 1. The Labute approximate surface area is 131 Å². The predicted molar refractivity (Wildman–Crippen MR) is 86.2 cm³/mol. The van der Waals surface area contributed by atoms with Crippen LogP contribution in [0.2, 0.25) is 0 Å². The molecule has 5 heteroatoms. The van der Waals surface area contributed by atoms with E-state index in [2.05, 4.69) is 5.32 Å². The van der Waals surface area contributed by atoms with Gasteiger partial charge in [0.25, 0.3) is 5.91 Å². The third-order valence-electron chi connectivity index (χ3n) is 4.32. The highest BCUT2D eigenvalue weighted by Gasteiger charge is 2.25. The number of anilines is 1. The molecule has 0 unspecified atom stereocenters. The van der Waals surface area contributed by atoms with Crippen LogP contribution in [0.15, 0.2) is 18.2 Å². The molecule has 2 rings (SSSR count). The molecule has 0 aromatic heterocycles. The number of carboxylic acid groups (broad SMARTS) is 1. The van der Waals surface area contributed by atoms with Gasteiger partial charge in [-0.25, -0.2) is 0 Å². The van der Waals surface area contributed by atoms with Crippen molar-refractivity contribution in [3.8, 4) is 0 Å². The first-order chi connectivity index (χ1) is 10.4. The molecule has 1 aromatic rings. The van der Waals surface area contributed by atoms with Crippen molar-refractivity contribution in [2.45, 2.75) is 38.6 Å². The van der Waals surface area contributed by atoms with E-state index in [-0.39, 0.29) is 17.9 Å². The first-order valence-corrected chi connectivity index (χ1v) is 7.70. The van der Waals surface area contributed by atoms with Gasteiger partial charge < -0.3 is 15.3 Å². The third-order valence-corrected chi connectivity index (χ3v) is 4.32. The summed E-state index contributed by atoms with van der Waals surface area (Å²) in [6.07, 6.45) is 3.12. The number of benzene rings is 1. The van der Waals surface area contributed by atoms with Gasteiger partial charge in [-0.15, -0.1) is 0 Å². The van der Waals surface area contributed by atoms with E-state index in [0.717, 1.165) is 24.1 Å². The molecule has 0 aliphatic heterocycles. The fourth-order valence-corrected chi connectivity index (χ4v) is 2.90. The summed E-state index contributed by atoms with van der Waals surface area (Å²) in [5.74, 6) is -0.898. The summed E-state index contributed by atoms with van der Waals surface area (Å²) < 4.78 is 0. The van der Waals surface area contributed by atoms with Crippen molar-refractivity contribution in [1.82, 2.24) is 4.90 Å². The monoisotopic (exact) mass is 304 g/mol. The maximum absolute atomic E-state index is 12.2. The van der Waals surface area contributed by atoms with Gasteiger partial charge in [0.1, 0.15) is 0 Å². The third kappa shape index (κ3) is 3.78. The fraction of sp³-hybridized carbons (Fsp3) is 0.529. The second-order valence-electron chi connectivity index (χ2n) is 6.26. The minimum Gasteiger partial charge on any atom is -0.481 e. The summed E-state index contributed by atoms with van der Waals surface area (Å²) in [5.41, 5.74) is 2.59. The van der Waals surface area contributed by atoms with Gasteiger partial charge in [-0.05, 0) is 50.3 Å². The van der Waals surface area contributed by atoms with E-state index in [1.165, 1.54) is 0 Å². The number of nitrogens with one attached hydrogen (secondary N) is 1. The summed E-state index contributed by atoms with van der Waals surface area (Å²) in [5, 5.41) is 12.5. The summed E-state index contributed by atoms with van der Waals surface area (Å²) in [4.78, 5) is 24.7. The van der Waals surface area contributed by atoms with Crippen molar-refractivity contribution in [2.24, 2.45) is 5.92 Å². The number of carbonyl (C=O) groups is 2. The van der Waals surface area contributed by atoms with Gasteiger partial charge >= 0.3 is 5.97 Å². The van der Waals surface area contributed by atoms with Gasteiger partial charge in [0.15, 0.2) is 0 Å². The van der Waals surface area contributed by atoms with Gasteiger partial charge in [0, 0.05) is 31.4 Å². The van der Waals surface area contributed by atoms with E-state index in [0.29, 0.717) is 18.4 Å². The lowest BCUT2D eigenvalue weighted by atomic mass is 9.86. The van der Waals surface area contributed by atoms with E-state index in [1.54, 1.807) is 19.0 Å². The molecule has 1 aliphatic carbocycles. The SMILES string of the molecule is Cc1ccc(NC2CCC(C(=O)O)CC2)cc1C(=O)N(C)C. The van der Waals surface area contributed by atoms with Crippen LogP contribution >= 0.6 is 0 Å². The maximum Gasteiger partial charge on any atom is 0.306 e. The van der Waals surface area contributed by atoms with Crippen molar-refractivity contribution < 1.29 is 14.7 Å². The van der Waals surface area contributed by atoms with E-state index in [1.807, 2.05) is 25.1 Å². The van der Waals surface area contributed by atoms with Crippen LogP contribution in [0.1, 0.15) is 41.6 Å². The second kappa shape index (κ2) is 6.81. The van der Waals surface area contributed by atoms with Gasteiger partial charge in [0.2, 0.25) is 0 Å². The standard InChI is InChI=1S/C17H24N2O3/c1-11-4-7-14(10-15(11)16(20)19(2)3)18-13-8-5-12(6-9-13)17(21)22/h4,7,10,12-13,18H,5-6,8-9H2,1-3H3,(H,21,22). The minimum absolute atomic E-state index is 0.00395. The number of aryl methyl sites for hydroxylation is 1. The number of carboxylic acids is 1. The Morgan fingerprint density at radius 2 is 1.82 bits per heavy atom. The molecule has 120 valence electrons. The van der Waals surface area contributed by atoms with Crippen LogP contribution in [0, 0.1) is 12.8 Å². The lowest BCUT2D eigenvalue weighted by molar-refractivity contribution is -0.142. The number of hydrogen-bond donors (Lipinski definition) is 2. The largest absolute Gasteiger partial charge is 0.481 e. The zero-order valence-electron chi connectivity index (χ0n) is 13.4. The van der Waals surface area contributed by atoms with Crippen molar-refractivity contribution in [1.29, 1.82) is 0 Å². The predicted octanol–water partition coefficient (Wildman–Crippen LogP) is 2.75. The van der Waals surface area contributed by atoms with Crippen LogP contribution < -0.4 is 5.32 Å².